The van der Waals surface area contributed by atoms with Gasteiger partial charge in [0.05, 0.1) is 24.1 Å². The first-order chi connectivity index (χ1) is 10.1. The highest BCUT2D eigenvalue weighted by atomic mass is 16.2. The molecule has 0 aliphatic rings. The summed E-state index contributed by atoms with van der Waals surface area (Å²) in [6.45, 7) is 6.42. The van der Waals surface area contributed by atoms with Crippen LogP contribution in [-0.4, -0.2) is 16.0 Å². The molecule has 2 amide bonds. The minimum Gasteiger partial charge on any atom is -0.332 e. The van der Waals surface area contributed by atoms with Crippen LogP contribution in [0.2, 0.25) is 0 Å². The predicted octanol–water partition coefficient (Wildman–Crippen LogP) is 3.23. The smallest absolute Gasteiger partial charge is 0.319 e. The zero-order valence-corrected chi connectivity index (χ0v) is 12.6. The Kier molecular flexibility index (Phi) is 4.87. The van der Waals surface area contributed by atoms with Gasteiger partial charge in [-0.05, 0) is 24.5 Å². The largest absolute Gasteiger partial charge is 0.332 e. The first-order valence-electron chi connectivity index (χ1n) is 6.97. The molecule has 0 fully saturated rings. The Hall–Kier alpha value is -2.43. The zero-order valence-electron chi connectivity index (χ0n) is 12.6. The highest BCUT2D eigenvalue weighted by Crippen LogP contribution is 2.23. The van der Waals surface area contributed by atoms with Gasteiger partial charge in [0.2, 0.25) is 0 Å². The number of nitrogens with zero attached hydrogens (tertiary/aromatic N) is 2. The van der Waals surface area contributed by atoms with Crippen LogP contribution in [0.1, 0.15) is 36.7 Å². The van der Waals surface area contributed by atoms with Gasteiger partial charge in [-0.15, -0.1) is 0 Å². The van der Waals surface area contributed by atoms with Crippen LogP contribution in [0.15, 0.2) is 36.7 Å². The Balaban J connectivity index is 1.94. The van der Waals surface area contributed by atoms with Crippen molar-refractivity contribution in [2.75, 3.05) is 5.32 Å². The molecule has 5 heteroatoms. The van der Waals surface area contributed by atoms with Crippen molar-refractivity contribution >= 4 is 11.7 Å². The van der Waals surface area contributed by atoms with Crippen LogP contribution < -0.4 is 10.6 Å². The van der Waals surface area contributed by atoms with Gasteiger partial charge in [0, 0.05) is 11.9 Å². The molecule has 5 nitrogen and oxygen atoms in total. The Morgan fingerprint density at radius 3 is 2.62 bits per heavy atom. The summed E-state index contributed by atoms with van der Waals surface area (Å²) in [6.07, 6.45) is 3.35. The standard InChI is InChI=1S/C16H20N4O/c1-11(2)14-6-4-5-7-15(14)20-16(21)19-10-13-9-17-12(3)8-18-13/h4-9,11H,10H2,1-3H3,(H2,19,20,21). The van der Waals surface area contributed by atoms with Crippen molar-refractivity contribution < 1.29 is 4.79 Å². The molecule has 21 heavy (non-hydrogen) atoms. The van der Waals surface area contributed by atoms with E-state index in [0.29, 0.717) is 12.5 Å². The second kappa shape index (κ2) is 6.83. The third-order valence-corrected chi connectivity index (χ3v) is 3.10. The summed E-state index contributed by atoms with van der Waals surface area (Å²) in [7, 11) is 0. The number of rotatable bonds is 4. The molecule has 2 aromatic rings. The number of urea groups is 1. The fourth-order valence-corrected chi connectivity index (χ4v) is 1.96. The lowest BCUT2D eigenvalue weighted by molar-refractivity contribution is 0.251. The number of hydrogen-bond acceptors (Lipinski definition) is 3. The maximum absolute atomic E-state index is 12.0. The highest BCUT2D eigenvalue weighted by molar-refractivity contribution is 5.90. The third-order valence-electron chi connectivity index (χ3n) is 3.10. The van der Waals surface area contributed by atoms with Crippen LogP contribution >= 0.6 is 0 Å². The van der Waals surface area contributed by atoms with E-state index in [1.165, 1.54) is 0 Å². The summed E-state index contributed by atoms with van der Waals surface area (Å²) < 4.78 is 0. The maximum Gasteiger partial charge on any atom is 0.319 e. The van der Waals surface area contributed by atoms with Gasteiger partial charge in [-0.25, -0.2) is 4.79 Å². The van der Waals surface area contributed by atoms with Gasteiger partial charge in [0.15, 0.2) is 0 Å². The average Bonchev–Trinajstić information content (AvgIpc) is 2.47. The lowest BCUT2D eigenvalue weighted by Crippen LogP contribution is -2.29. The monoisotopic (exact) mass is 284 g/mol. The summed E-state index contributed by atoms with van der Waals surface area (Å²) in [5, 5.41) is 5.66. The number of carbonyl (C=O) groups is 1. The normalized spacial score (nSPS) is 10.5. The quantitative estimate of drug-likeness (QED) is 0.905. The molecule has 1 aromatic carbocycles. The lowest BCUT2D eigenvalue weighted by Gasteiger charge is -2.14. The van der Waals surface area contributed by atoms with Crippen molar-refractivity contribution in [2.24, 2.45) is 0 Å². The second-order valence-electron chi connectivity index (χ2n) is 5.20. The summed E-state index contributed by atoms with van der Waals surface area (Å²) >= 11 is 0. The number of para-hydroxylation sites is 1. The zero-order chi connectivity index (χ0) is 15.2. The van der Waals surface area contributed by atoms with Crippen molar-refractivity contribution in [3.05, 3.63) is 53.6 Å². The number of nitrogens with one attached hydrogen (secondary N) is 2. The van der Waals surface area contributed by atoms with E-state index in [4.69, 9.17) is 0 Å². The van der Waals surface area contributed by atoms with Crippen LogP contribution in [0.3, 0.4) is 0 Å². The van der Waals surface area contributed by atoms with E-state index in [-0.39, 0.29) is 6.03 Å². The third kappa shape index (κ3) is 4.27. The number of aromatic nitrogens is 2. The molecule has 0 unspecified atom stereocenters. The van der Waals surface area contributed by atoms with E-state index in [0.717, 1.165) is 22.6 Å². The number of aryl methyl sites for hydroxylation is 1. The molecule has 0 spiro atoms. The van der Waals surface area contributed by atoms with Crippen LogP contribution in [0.5, 0.6) is 0 Å². The number of benzene rings is 1. The minimum absolute atomic E-state index is 0.245. The van der Waals surface area contributed by atoms with Gasteiger partial charge in [-0.1, -0.05) is 32.0 Å². The lowest BCUT2D eigenvalue weighted by atomic mass is 10.0. The minimum atomic E-state index is -0.245. The summed E-state index contributed by atoms with van der Waals surface area (Å²) in [5.74, 6) is 0.351. The van der Waals surface area contributed by atoms with E-state index < -0.39 is 0 Å². The number of anilines is 1. The molecule has 0 saturated heterocycles. The van der Waals surface area contributed by atoms with Crippen molar-refractivity contribution in [3.63, 3.8) is 0 Å². The Morgan fingerprint density at radius 2 is 1.95 bits per heavy atom. The van der Waals surface area contributed by atoms with Gasteiger partial charge in [0.25, 0.3) is 0 Å². The number of carbonyl (C=O) groups excluding carboxylic acids is 1. The first-order valence-corrected chi connectivity index (χ1v) is 6.97. The highest BCUT2D eigenvalue weighted by Gasteiger charge is 2.08. The molecular formula is C16H20N4O. The topological polar surface area (TPSA) is 66.9 Å². The van der Waals surface area contributed by atoms with Crippen LogP contribution in [0.4, 0.5) is 10.5 Å². The Labute approximate surface area is 124 Å². The molecule has 1 aromatic heterocycles. The molecule has 0 saturated carbocycles. The SMILES string of the molecule is Cc1cnc(CNC(=O)Nc2ccccc2C(C)C)cn1. The van der Waals surface area contributed by atoms with Gasteiger partial charge in [0.1, 0.15) is 0 Å². The van der Waals surface area contributed by atoms with E-state index in [9.17, 15) is 4.79 Å². The van der Waals surface area contributed by atoms with Crippen LogP contribution in [-0.2, 0) is 6.54 Å². The molecule has 0 atom stereocenters. The second-order valence-corrected chi connectivity index (χ2v) is 5.20. The molecule has 0 aliphatic heterocycles. The van der Waals surface area contributed by atoms with Crippen LogP contribution in [0.25, 0.3) is 0 Å². The molecule has 1 heterocycles. The summed E-state index contributed by atoms with van der Waals surface area (Å²) in [4.78, 5) is 20.3. The molecule has 2 N–H and O–H groups in total. The fourth-order valence-electron chi connectivity index (χ4n) is 1.96. The Bertz CT molecular complexity index is 608. The van der Waals surface area contributed by atoms with Crippen LogP contribution in [0, 0.1) is 6.92 Å². The first kappa shape index (κ1) is 15.0. The van der Waals surface area contributed by atoms with Gasteiger partial charge in [-0.2, -0.15) is 0 Å². The summed E-state index contributed by atoms with van der Waals surface area (Å²) in [6, 6.07) is 7.56. The Morgan fingerprint density at radius 1 is 1.19 bits per heavy atom. The van der Waals surface area contributed by atoms with E-state index in [1.807, 2.05) is 31.2 Å². The van der Waals surface area contributed by atoms with Crippen molar-refractivity contribution in [1.29, 1.82) is 0 Å². The van der Waals surface area contributed by atoms with Gasteiger partial charge < -0.3 is 10.6 Å². The van der Waals surface area contributed by atoms with Gasteiger partial charge >= 0.3 is 6.03 Å². The fraction of sp³-hybridized carbons (Fsp3) is 0.312. The van der Waals surface area contributed by atoms with E-state index in [2.05, 4.69) is 34.4 Å². The van der Waals surface area contributed by atoms with Crippen molar-refractivity contribution in [1.82, 2.24) is 15.3 Å². The predicted molar refractivity (Wildman–Crippen MR) is 83.2 cm³/mol. The van der Waals surface area contributed by atoms with Crippen molar-refractivity contribution in [2.45, 2.75) is 33.2 Å². The van der Waals surface area contributed by atoms with Crippen molar-refractivity contribution in [3.8, 4) is 0 Å². The molecular weight excluding hydrogens is 264 g/mol. The molecule has 0 radical (unpaired) electrons. The summed E-state index contributed by atoms with van der Waals surface area (Å²) in [5.41, 5.74) is 3.53. The number of hydrogen-bond donors (Lipinski definition) is 2. The maximum atomic E-state index is 12.0. The number of amides is 2. The molecule has 2 rings (SSSR count). The molecule has 0 aliphatic carbocycles. The average molecular weight is 284 g/mol. The van der Waals surface area contributed by atoms with Gasteiger partial charge in [-0.3, -0.25) is 9.97 Å². The molecule has 0 bridgehead atoms. The molecule has 110 valence electrons. The van der Waals surface area contributed by atoms with E-state index >= 15 is 0 Å². The van der Waals surface area contributed by atoms with E-state index in [1.54, 1.807) is 12.4 Å².